The Morgan fingerprint density at radius 3 is 2.18 bits per heavy atom. The number of allylic oxidation sites excluding steroid dienone is 2. The van der Waals surface area contributed by atoms with E-state index in [2.05, 4.69) is 74.5 Å². The van der Waals surface area contributed by atoms with Crippen molar-refractivity contribution in [2.75, 3.05) is 13.2 Å². The number of carbonyl (C=O) groups is 1. The van der Waals surface area contributed by atoms with Gasteiger partial charge in [-0.2, -0.15) is 0 Å². The zero-order valence-electron chi connectivity index (χ0n) is 16.5. The van der Waals surface area contributed by atoms with Crippen LogP contribution in [0.25, 0.3) is 11.1 Å². The molecule has 5 rings (SSSR count). The lowest BCUT2D eigenvalue weighted by Crippen LogP contribution is -2.35. The van der Waals surface area contributed by atoms with Crippen molar-refractivity contribution in [1.82, 2.24) is 0 Å². The van der Waals surface area contributed by atoms with Crippen LogP contribution >= 0.6 is 0 Å². The van der Waals surface area contributed by atoms with E-state index in [1.54, 1.807) is 0 Å². The molecule has 3 aliphatic carbocycles. The summed E-state index contributed by atoms with van der Waals surface area (Å²) in [5.41, 5.74) is 3.91. The van der Waals surface area contributed by atoms with Crippen molar-refractivity contribution in [2.24, 2.45) is 17.3 Å². The van der Waals surface area contributed by atoms with E-state index in [-0.39, 0.29) is 18.0 Å². The number of hydrogen-bond acceptors (Lipinski definition) is 3. The summed E-state index contributed by atoms with van der Waals surface area (Å²) in [4.78, 5) is 12.7. The summed E-state index contributed by atoms with van der Waals surface area (Å²) >= 11 is 0. The van der Waals surface area contributed by atoms with Gasteiger partial charge in [0.2, 0.25) is 0 Å². The van der Waals surface area contributed by atoms with Gasteiger partial charge < -0.3 is 9.47 Å². The molecule has 3 aliphatic rings. The molecule has 0 amide bonds. The minimum absolute atomic E-state index is 0.0784. The molecule has 0 saturated heterocycles. The standard InChI is InChI=1S/C25H26O3/c1-24(16-17-11-12-18(24)15-17)23(26)27-13-14-28-25(2)21-9-5-3-7-19(21)20-8-4-6-10-22(20)25/h3-12,17-18H,13-16H2,1-2H3. The number of esters is 1. The fourth-order valence-corrected chi connectivity index (χ4v) is 5.44. The second-order valence-electron chi connectivity index (χ2n) is 8.72. The van der Waals surface area contributed by atoms with Crippen molar-refractivity contribution in [3.05, 3.63) is 71.8 Å². The Labute approximate surface area is 166 Å². The molecule has 28 heavy (non-hydrogen) atoms. The summed E-state index contributed by atoms with van der Waals surface area (Å²) in [6, 6.07) is 16.8. The van der Waals surface area contributed by atoms with Crippen molar-refractivity contribution in [2.45, 2.75) is 32.3 Å². The average molecular weight is 374 g/mol. The lowest BCUT2D eigenvalue weighted by molar-refractivity contribution is -0.159. The summed E-state index contributed by atoms with van der Waals surface area (Å²) in [7, 11) is 0. The molecule has 3 atom stereocenters. The third-order valence-electron chi connectivity index (χ3n) is 7.02. The first-order valence-corrected chi connectivity index (χ1v) is 10.2. The molecular weight excluding hydrogens is 348 g/mol. The molecule has 3 unspecified atom stereocenters. The second-order valence-corrected chi connectivity index (χ2v) is 8.72. The molecule has 1 fully saturated rings. The molecule has 144 valence electrons. The quantitative estimate of drug-likeness (QED) is 0.415. The Balaban J connectivity index is 1.27. The van der Waals surface area contributed by atoms with Gasteiger partial charge >= 0.3 is 5.97 Å². The third-order valence-corrected chi connectivity index (χ3v) is 7.02. The molecule has 0 aromatic heterocycles. The van der Waals surface area contributed by atoms with Crippen LogP contribution in [0.15, 0.2) is 60.7 Å². The minimum Gasteiger partial charge on any atom is -0.463 e. The molecule has 0 heterocycles. The second kappa shape index (κ2) is 6.31. The molecule has 2 bridgehead atoms. The first-order valence-electron chi connectivity index (χ1n) is 10.2. The monoisotopic (exact) mass is 374 g/mol. The summed E-state index contributed by atoms with van der Waals surface area (Å²) < 4.78 is 12.0. The average Bonchev–Trinajstić information content (AvgIpc) is 3.38. The molecule has 0 N–H and O–H groups in total. The Bertz CT molecular complexity index is 914. The van der Waals surface area contributed by atoms with Crippen LogP contribution in [0.1, 0.15) is 37.8 Å². The molecule has 3 nitrogen and oxygen atoms in total. The molecule has 3 heteroatoms. The van der Waals surface area contributed by atoms with Crippen LogP contribution in [-0.4, -0.2) is 19.2 Å². The molecule has 0 radical (unpaired) electrons. The highest BCUT2D eigenvalue weighted by molar-refractivity contribution is 5.80. The Hall–Kier alpha value is -2.39. The van der Waals surface area contributed by atoms with Crippen LogP contribution in [-0.2, 0) is 19.9 Å². The van der Waals surface area contributed by atoms with E-state index < -0.39 is 5.60 Å². The lowest BCUT2D eigenvalue weighted by Gasteiger charge is -2.30. The molecule has 0 spiro atoms. The number of fused-ring (bicyclic) bond motifs is 5. The first-order chi connectivity index (χ1) is 13.5. The van der Waals surface area contributed by atoms with Gasteiger partial charge in [-0.3, -0.25) is 4.79 Å². The highest BCUT2D eigenvalue weighted by Crippen LogP contribution is 2.52. The first kappa shape index (κ1) is 17.7. The zero-order chi connectivity index (χ0) is 19.4. The van der Waals surface area contributed by atoms with Crippen molar-refractivity contribution < 1.29 is 14.3 Å². The zero-order valence-corrected chi connectivity index (χ0v) is 16.5. The largest absolute Gasteiger partial charge is 0.463 e. The summed E-state index contributed by atoms with van der Waals surface area (Å²) in [5.74, 6) is 0.798. The smallest absolute Gasteiger partial charge is 0.312 e. The lowest BCUT2D eigenvalue weighted by atomic mass is 9.78. The highest BCUT2D eigenvalue weighted by Gasteiger charge is 2.51. The van der Waals surface area contributed by atoms with Gasteiger partial charge in [0.05, 0.1) is 12.0 Å². The topological polar surface area (TPSA) is 35.5 Å². The fourth-order valence-electron chi connectivity index (χ4n) is 5.44. The van der Waals surface area contributed by atoms with Crippen LogP contribution in [0.3, 0.4) is 0 Å². The highest BCUT2D eigenvalue weighted by atomic mass is 16.6. The third kappa shape index (κ3) is 2.49. The van der Waals surface area contributed by atoms with E-state index >= 15 is 0 Å². The van der Waals surface area contributed by atoms with Gasteiger partial charge in [0.15, 0.2) is 0 Å². The van der Waals surface area contributed by atoms with E-state index in [4.69, 9.17) is 9.47 Å². The normalized spacial score (nSPS) is 28.2. The maximum Gasteiger partial charge on any atom is 0.312 e. The van der Waals surface area contributed by atoms with Crippen molar-refractivity contribution in [3.63, 3.8) is 0 Å². The van der Waals surface area contributed by atoms with Gasteiger partial charge in [0, 0.05) is 0 Å². The van der Waals surface area contributed by atoms with Gasteiger partial charge in [0.25, 0.3) is 0 Å². The predicted molar refractivity (Wildman–Crippen MR) is 109 cm³/mol. The number of hydrogen-bond donors (Lipinski definition) is 0. The van der Waals surface area contributed by atoms with Crippen LogP contribution in [0.4, 0.5) is 0 Å². The fraction of sp³-hybridized carbons (Fsp3) is 0.400. The van der Waals surface area contributed by atoms with Crippen LogP contribution in [0.2, 0.25) is 0 Å². The SMILES string of the molecule is CC1(OCCOC(=O)C2(C)CC3C=CC2C3)c2ccccc2-c2ccccc21. The van der Waals surface area contributed by atoms with Crippen molar-refractivity contribution >= 4 is 5.97 Å². The van der Waals surface area contributed by atoms with Gasteiger partial charge in [-0.25, -0.2) is 0 Å². The number of benzene rings is 2. The summed E-state index contributed by atoms with van der Waals surface area (Å²) in [6.07, 6.45) is 6.44. The maximum atomic E-state index is 12.7. The van der Waals surface area contributed by atoms with Crippen LogP contribution < -0.4 is 0 Å². The van der Waals surface area contributed by atoms with Crippen molar-refractivity contribution in [1.29, 1.82) is 0 Å². The Morgan fingerprint density at radius 2 is 1.61 bits per heavy atom. The van der Waals surface area contributed by atoms with E-state index in [1.807, 2.05) is 0 Å². The van der Waals surface area contributed by atoms with E-state index in [9.17, 15) is 4.79 Å². The molecule has 0 aliphatic heterocycles. The van der Waals surface area contributed by atoms with E-state index in [0.717, 1.165) is 12.8 Å². The Morgan fingerprint density at radius 1 is 0.964 bits per heavy atom. The van der Waals surface area contributed by atoms with E-state index in [1.165, 1.54) is 22.3 Å². The predicted octanol–water partition coefficient (Wildman–Crippen LogP) is 5.09. The maximum absolute atomic E-state index is 12.7. The molecular formula is C25H26O3. The minimum atomic E-state index is -0.515. The van der Waals surface area contributed by atoms with Gasteiger partial charge in [-0.05, 0) is 60.8 Å². The number of carbonyl (C=O) groups excluding carboxylic acids is 1. The number of ether oxygens (including phenoxy) is 2. The molecule has 2 aromatic carbocycles. The van der Waals surface area contributed by atoms with Crippen LogP contribution in [0.5, 0.6) is 0 Å². The molecule has 2 aromatic rings. The van der Waals surface area contributed by atoms with Gasteiger partial charge in [-0.1, -0.05) is 60.7 Å². The number of rotatable bonds is 5. The van der Waals surface area contributed by atoms with Crippen molar-refractivity contribution in [3.8, 4) is 11.1 Å². The molecule has 1 saturated carbocycles. The van der Waals surface area contributed by atoms with Gasteiger partial charge in [0.1, 0.15) is 12.2 Å². The summed E-state index contributed by atoms with van der Waals surface area (Å²) in [5, 5.41) is 0. The van der Waals surface area contributed by atoms with E-state index in [0.29, 0.717) is 18.4 Å². The summed E-state index contributed by atoms with van der Waals surface area (Å²) in [6.45, 7) is 4.83. The van der Waals surface area contributed by atoms with Gasteiger partial charge in [-0.15, -0.1) is 0 Å². The van der Waals surface area contributed by atoms with Crippen LogP contribution in [0, 0.1) is 17.3 Å². The Kier molecular flexibility index (Phi) is 3.99.